The number of aromatic nitrogens is 2. The number of benzene rings is 2. The van der Waals surface area contributed by atoms with E-state index >= 15 is 0 Å². The Morgan fingerprint density at radius 3 is 2.59 bits per heavy atom. The normalized spacial score (nSPS) is 10.6. The summed E-state index contributed by atoms with van der Waals surface area (Å²) >= 11 is 0. The minimum atomic E-state index is -0.472. The van der Waals surface area contributed by atoms with E-state index in [1.807, 2.05) is 41.2 Å². The topological polar surface area (TPSA) is 81.3 Å². The quantitative estimate of drug-likeness (QED) is 0.496. The van der Waals surface area contributed by atoms with Gasteiger partial charge in [-0.3, -0.25) is 19.6 Å². The maximum atomic E-state index is 12.7. The van der Waals surface area contributed by atoms with Crippen LogP contribution in [0.4, 0.5) is 5.69 Å². The Balaban J connectivity index is 1.71. The van der Waals surface area contributed by atoms with Crippen molar-refractivity contribution in [1.29, 1.82) is 0 Å². The third-order valence-electron chi connectivity index (χ3n) is 4.37. The van der Waals surface area contributed by atoms with Crippen molar-refractivity contribution in [3.05, 3.63) is 93.3 Å². The third-order valence-corrected chi connectivity index (χ3v) is 4.37. The average molecular weight is 364 g/mol. The molecule has 0 unspecified atom stereocenters. The molecule has 1 aromatic heterocycles. The molecule has 3 rings (SSSR count). The summed E-state index contributed by atoms with van der Waals surface area (Å²) in [6, 6.07) is 14.5. The Morgan fingerprint density at radius 2 is 1.89 bits per heavy atom. The number of carbonyl (C=O) groups is 1. The van der Waals surface area contributed by atoms with E-state index in [-0.39, 0.29) is 11.6 Å². The molecule has 0 radical (unpaired) electrons. The van der Waals surface area contributed by atoms with Crippen LogP contribution >= 0.6 is 0 Å². The van der Waals surface area contributed by atoms with E-state index < -0.39 is 4.92 Å². The summed E-state index contributed by atoms with van der Waals surface area (Å²) in [4.78, 5) is 24.9. The van der Waals surface area contributed by atoms with Gasteiger partial charge in [0.2, 0.25) is 0 Å². The van der Waals surface area contributed by atoms with Gasteiger partial charge in [0.05, 0.1) is 17.7 Å². The maximum absolute atomic E-state index is 12.7. The zero-order valence-corrected chi connectivity index (χ0v) is 15.2. The summed E-state index contributed by atoms with van der Waals surface area (Å²) in [5.41, 5.74) is 2.70. The van der Waals surface area contributed by atoms with Crippen LogP contribution in [0, 0.1) is 17.0 Å². The second-order valence-electron chi connectivity index (χ2n) is 6.40. The lowest BCUT2D eigenvalue weighted by Crippen LogP contribution is -2.26. The maximum Gasteiger partial charge on any atom is 0.273 e. The van der Waals surface area contributed by atoms with Gasteiger partial charge in [0.25, 0.3) is 11.6 Å². The molecular formula is C20H20N4O3. The first-order valence-electron chi connectivity index (χ1n) is 8.50. The molecular weight excluding hydrogens is 344 g/mol. The molecule has 1 amide bonds. The van der Waals surface area contributed by atoms with Crippen molar-refractivity contribution in [3.63, 3.8) is 0 Å². The Bertz CT molecular complexity index is 966. The second kappa shape index (κ2) is 7.82. The van der Waals surface area contributed by atoms with Gasteiger partial charge in [0.15, 0.2) is 0 Å². The second-order valence-corrected chi connectivity index (χ2v) is 6.40. The van der Waals surface area contributed by atoms with E-state index in [9.17, 15) is 14.9 Å². The molecule has 2 aromatic carbocycles. The number of hydrogen-bond acceptors (Lipinski definition) is 4. The van der Waals surface area contributed by atoms with Crippen molar-refractivity contribution in [1.82, 2.24) is 14.7 Å². The number of amides is 1. The smallest absolute Gasteiger partial charge is 0.273 e. The predicted octanol–water partition coefficient (Wildman–Crippen LogP) is 3.42. The van der Waals surface area contributed by atoms with Gasteiger partial charge >= 0.3 is 0 Å². The van der Waals surface area contributed by atoms with Gasteiger partial charge in [0, 0.05) is 42.5 Å². The van der Waals surface area contributed by atoms with E-state index in [1.165, 1.54) is 17.0 Å². The first-order chi connectivity index (χ1) is 13.0. The van der Waals surface area contributed by atoms with Crippen LogP contribution in [0.1, 0.15) is 27.0 Å². The van der Waals surface area contributed by atoms with Gasteiger partial charge in [0.1, 0.15) is 0 Å². The fourth-order valence-corrected chi connectivity index (χ4v) is 2.95. The molecule has 0 atom stereocenters. The largest absolute Gasteiger partial charge is 0.337 e. The Kier molecular flexibility index (Phi) is 5.30. The molecule has 0 aliphatic heterocycles. The van der Waals surface area contributed by atoms with Crippen LogP contribution in [-0.2, 0) is 13.1 Å². The van der Waals surface area contributed by atoms with Gasteiger partial charge < -0.3 is 4.90 Å². The van der Waals surface area contributed by atoms with Gasteiger partial charge in [-0.15, -0.1) is 0 Å². The lowest BCUT2D eigenvalue weighted by Gasteiger charge is -2.17. The van der Waals surface area contributed by atoms with Crippen molar-refractivity contribution < 1.29 is 9.72 Å². The molecule has 0 saturated carbocycles. The van der Waals surface area contributed by atoms with Gasteiger partial charge in [-0.2, -0.15) is 5.10 Å². The third kappa shape index (κ3) is 4.20. The molecule has 0 N–H and O–H groups in total. The SMILES string of the molecule is Cc1c(C(=O)N(C)Cc2cnn(Cc3ccccc3)c2)cccc1[N+](=O)[O-]. The Labute approximate surface area is 157 Å². The average Bonchev–Trinajstić information content (AvgIpc) is 3.08. The minimum Gasteiger partial charge on any atom is -0.337 e. The number of nitrogens with zero attached hydrogens (tertiary/aromatic N) is 4. The standard InChI is InChI=1S/C20H20N4O3/c1-15-18(9-6-10-19(15)24(26)27)20(25)22(2)12-17-11-21-23(14-17)13-16-7-4-3-5-8-16/h3-11,14H,12-13H2,1-2H3. The van der Waals surface area contributed by atoms with Gasteiger partial charge in [-0.1, -0.05) is 36.4 Å². The highest BCUT2D eigenvalue weighted by Gasteiger charge is 2.20. The summed E-state index contributed by atoms with van der Waals surface area (Å²) in [6.45, 7) is 2.62. The zero-order valence-electron chi connectivity index (χ0n) is 15.2. The highest BCUT2D eigenvalue weighted by atomic mass is 16.6. The molecule has 0 fully saturated rings. The highest BCUT2D eigenvalue weighted by Crippen LogP contribution is 2.22. The molecule has 1 heterocycles. The number of hydrogen-bond donors (Lipinski definition) is 0. The van der Waals surface area contributed by atoms with Crippen LogP contribution in [-0.4, -0.2) is 32.6 Å². The van der Waals surface area contributed by atoms with Crippen molar-refractivity contribution in [2.45, 2.75) is 20.0 Å². The number of nitro benzene ring substituents is 1. The highest BCUT2D eigenvalue weighted by molar-refractivity contribution is 5.96. The van der Waals surface area contributed by atoms with Crippen LogP contribution in [0.2, 0.25) is 0 Å². The van der Waals surface area contributed by atoms with Crippen molar-refractivity contribution >= 4 is 11.6 Å². The van der Waals surface area contributed by atoms with Crippen LogP contribution in [0.15, 0.2) is 60.9 Å². The Morgan fingerprint density at radius 1 is 1.15 bits per heavy atom. The van der Waals surface area contributed by atoms with Crippen molar-refractivity contribution in [2.24, 2.45) is 0 Å². The lowest BCUT2D eigenvalue weighted by atomic mass is 10.1. The van der Waals surface area contributed by atoms with Crippen LogP contribution in [0.25, 0.3) is 0 Å². The molecule has 138 valence electrons. The van der Waals surface area contributed by atoms with E-state index in [1.54, 1.807) is 26.2 Å². The first-order valence-corrected chi connectivity index (χ1v) is 8.50. The summed E-state index contributed by atoms with van der Waals surface area (Å²) < 4.78 is 1.82. The fourth-order valence-electron chi connectivity index (χ4n) is 2.95. The summed E-state index contributed by atoms with van der Waals surface area (Å²) in [6.07, 6.45) is 3.63. The monoisotopic (exact) mass is 364 g/mol. The summed E-state index contributed by atoms with van der Waals surface area (Å²) in [5, 5.41) is 15.4. The molecule has 0 aliphatic carbocycles. The molecule has 0 spiro atoms. The molecule has 3 aromatic rings. The lowest BCUT2D eigenvalue weighted by molar-refractivity contribution is -0.385. The molecule has 0 saturated heterocycles. The van der Waals surface area contributed by atoms with Crippen LogP contribution < -0.4 is 0 Å². The first kappa shape index (κ1) is 18.3. The van der Waals surface area contributed by atoms with Gasteiger partial charge in [-0.05, 0) is 18.6 Å². The fraction of sp³-hybridized carbons (Fsp3) is 0.200. The molecule has 7 heteroatoms. The molecule has 7 nitrogen and oxygen atoms in total. The molecule has 0 aliphatic rings. The summed E-state index contributed by atoms with van der Waals surface area (Å²) in [7, 11) is 1.68. The van der Waals surface area contributed by atoms with Crippen molar-refractivity contribution in [2.75, 3.05) is 7.05 Å². The van der Waals surface area contributed by atoms with E-state index in [0.717, 1.165) is 11.1 Å². The predicted molar refractivity (Wildman–Crippen MR) is 101 cm³/mol. The minimum absolute atomic E-state index is 0.0510. The number of rotatable bonds is 6. The number of nitro groups is 1. The van der Waals surface area contributed by atoms with E-state index in [2.05, 4.69) is 5.10 Å². The van der Waals surface area contributed by atoms with Crippen LogP contribution in [0.5, 0.6) is 0 Å². The molecule has 0 bridgehead atoms. The summed E-state index contributed by atoms with van der Waals surface area (Å²) in [5.74, 6) is -0.257. The van der Waals surface area contributed by atoms with Crippen LogP contribution in [0.3, 0.4) is 0 Å². The number of carbonyl (C=O) groups excluding carboxylic acids is 1. The zero-order chi connectivity index (χ0) is 19.4. The van der Waals surface area contributed by atoms with Gasteiger partial charge in [-0.25, -0.2) is 0 Å². The Hall–Kier alpha value is -3.48. The van der Waals surface area contributed by atoms with Crippen molar-refractivity contribution in [3.8, 4) is 0 Å². The molecule has 27 heavy (non-hydrogen) atoms. The van der Waals surface area contributed by atoms with E-state index in [0.29, 0.717) is 24.2 Å². The van der Waals surface area contributed by atoms with E-state index in [4.69, 9.17) is 0 Å².